The van der Waals surface area contributed by atoms with Crippen LogP contribution in [0.4, 0.5) is 10.6 Å². The van der Waals surface area contributed by atoms with E-state index in [1.807, 2.05) is 0 Å². The first-order valence-electron chi connectivity index (χ1n) is 4.41. The van der Waals surface area contributed by atoms with Gasteiger partial charge in [0.1, 0.15) is 12.3 Å². The highest BCUT2D eigenvalue weighted by Gasteiger charge is 2.31. The average molecular weight is 228 g/mol. The van der Waals surface area contributed by atoms with Crippen molar-refractivity contribution in [3.8, 4) is 6.01 Å². The van der Waals surface area contributed by atoms with E-state index in [2.05, 4.69) is 10.3 Å². The Kier molecular flexibility index (Phi) is 2.35. The Labute approximate surface area is 88.8 Å². The van der Waals surface area contributed by atoms with E-state index in [1.54, 1.807) is 0 Å². The molecule has 2 N–H and O–H groups in total. The number of hydrogen-bond acceptors (Lipinski definition) is 5. The van der Waals surface area contributed by atoms with Crippen LogP contribution in [0.1, 0.15) is 0 Å². The summed E-state index contributed by atoms with van der Waals surface area (Å²) in [5, 5.41) is 20.9. The predicted molar refractivity (Wildman–Crippen MR) is 49.3 cm³/mol. The van der Waals surface area contributed by atoms with Gasteiger partial charge in [0.15, 0.2) is 0 Å². The number of aromatic nitrogens is 2. The molecule has 1 aromatic rings. The molecule has 1 aromatic heterocycles. The molecule has 1 amide bonds. The van der Waals surface area contributed by atoms with Gasteiger partial charge in [-0.05, 0) is 4.92 Å². The largest absolute Gasteiger partial charge is 0.465 e. The van der Waals surface area contributed by atoms with Gasteiger partial charge in [0, 0.05) is 4.98 Å². The number of nitrogens with zero attached hydrogens (tertiary/aromatic N) is 3. The van der Waals surface area contributed by atoms with Crippen LogP contribution in [0.25, 0.3) is 0 Å². The average Bonchev–Trinajstić information content (AvgIpc) is 2.70. The number of ether oxygens (including phenoxy) is 1. The Morgan fingerprint density at radius 1 is 1.88 bits per heavy atom. The molecule has 16 heavy (non-hydrogen) atoms. The molecule has 0 radical (unpaired) electrons. The minimum atomic E-state index is -1.14. The van der Waals surface area contributed by atoms with Crippen molar-refractivity contribution >= 4 is 11.9 Å². The number of fused-ring (bicyclic) bond motifs is 1. The number of carbonyl (C=O) groups is 1. The molecule has 0 fully saturated rings. The zero-order valence-corrected chi connectivity index (χ0v) is 7.99. The maximum Gasteiger partial charge on any atom is 0.414 e. The highest BCUT2D eigenvalue weighted by atomic mass is 16.6. The molecule has 1 atom stereocenters. The molecule has 0 saturated carbocycles. The summed E-state index contributed by atoms with van der Waals surface area (Å²) in [6.07, 6.45) is -0.255. The van der Waals surface area contributed by atoms with Gasteiger partial charge in [-0.15, -0.1) is 0 Å². The van der Waals surface area contributed by atoms with E-state index in [-0.39, 0.29) is 24.5 Å². The fourth-order valence-corrected chi connectivity index (χ4v) is 1.41. The van der Waals surface area contributed by atoms with E-state index in [4.69, 9.17) is 9.84 Å². The third-order valence-corrected chi connectivity index (χ3v) is 2.07. The van der Waals surface area contributed by atoms with Crippen molar-refractivity contribution in [3.63, 3.8) is 0 Å². The molecule has 0 saturated heterocycles. The summed E-state index contributed by atoms with van der Waals surface area (Å²) in [6.45, 7) is 0.461. The van der Waals surface area contributed by atoms with Gasteiger partial charge in [0.25, 0.3) is 0 Å². The molecule has 9 heteroatoms. The number of imidazole rings is 1. The number of nitrogens with one attached hydrogen (secondary N) is 1. The molecule has 1 unspecified atom stereocenters. The number of hydrogen-bond donors (Lipinski definition) is 2. The summed E-state index contributed by atoms with van der Waals surface area (Å²) in [5.41, 5.74) is 0. The van der Waals surface area contributed by atoms with E-state index in [0.29, 0.717) is 6.54 Å². The Balaban J connectivity index is 1.98. The van der Waals surface area contributed by atoms with Gasteiger partial charge in [0.05, 0.1) is 13.1 Å². The van der Waals surface area contributed by atoms with Crippen molar-refractivity contribution in [2.24, 2.45) is 0 Å². The van der Waals surface area contributed by atoms with E-state index in [9.17, 15) is 14.9 Å². The number of rotatable bonds is 3. The van der Waals surface area contributed by atoms with Gasteiger partial charge in [0.2, 0.25) is 0 Å². The molecular weight excluding hydrogens is 220 g/mol. The Morgan fingerprint density at radius 2 is 2.62 bits per heavy atom. The maximum absolute atomic E-state index is 10.4. The fraction of sp³-hybridized carbons (Fsp3) is 0.429. The van der Waals surface area contributed by atoms with Crippen LogP contribution in [0, 0.1) is 10.1 Å². The lowest BCUT2D eigenvalue weighted by molar-refractivity contribution is -0.389. The summed E-state index contributed by atoms with van der Waals surface area (Å²) in [6, 6.07) is 0.142. The standard InChI is InChI=1S/C7H8N4O5/c12-7(13)8-1-4-2-10-3-5(11(14)15)9-6(10)16-4/h3-4,8H,1-2H2,(H,12,13). The number of nitro groups is 1. The Morgan fingerprint density at radius 3 is 3.19 bits per heavy atom. The van der Waals surface area contributed by atoms with Gasteiger partial charge in [-0.2, -0.15) is 0 Å². The second kappa shape index (κ2) is 3.68. The van der Waals surface area contributed by atoms with Crippen molar-refractivity contribution in [1.82, 2.24) is 14.9 Å². The molecular formula is C7H8N4O5. The molecule has 2 rings (SSSR count). The SMILES string of the molecule is O=C(O)NCC1Cn2cc([N+](=O)[O-])nc2O1. The van der Waals surface area contributed by atoms with Crippen molar-refractivity contribution in [2.75, 3.05) is 6.54 Å². The van der Waals surface area contributed by atoms with E-state index in [0.717, 1.165) is 0 Å². The molecule has 0 aromatic carbocycles. The second-order valence-electron chi connectivity index (χ2n) is 3.22. The van der Waals surface area contributed by atoms with Crippen molar-refractivity contribution in [3.05, 3.63) is 16.3 Å². The molecule has 2 heterocycles. The van der Waals surface area contributed by atoms with Crippen molar-refractivity contribution in [1.29, 1.82) is 0 Å². The summed E-state index contributed by atoms with van der Waals surface area (Å²) < 4.78 is 6.69. The lowest BCUT2D eigenvalue weighted by Gasteiger charge is -2.07. The maximum atomic E-state index is 10.4. The summed E-state index contributed by atoms with van der Waals surface area (Å²) in [4.78, 5) is 23.6. The topological polar surface area (TPSA) is 120 Å². The van der Waals surface area contributed by atoms with Gasteiger partial charge in [-0.1, -0.05) is 0 Å². The fourth-order valence-electron chi connectivity index (χ4n) is 1.41. The highest BCUT2D eigenvalue weighted by molar-refractivity contribution is 5.64. The van der Waals surface area contributed by atoms with Crippen LogP contribution in [0.15, 0.2) is 6.20 Å². The molecule has 1 aliphatic rings. The summed E-state index contributed by atoms with van der Waals surface area (Å²) >= 11 is 0. The zero-order chi connectivity index (χ0) is 11.7. The molecule has 0 bridgehead atoms. The third kappa shape index (κ3) is 1.87. The molecule has 0 spiro atoms. The van der Waals surface area contributed by atoms with E-state index < -0.39 is 11.0 Å². The first-order valence-corrected chi connectivity index (χ1v) is 4.41. The van der Waals surface area contributed by atoms with Crippen molar-refractivity contribution in [2.45, 2.75) is 12.6 Å². The molecule has 1 aliphatic heterocycles. The highest BCUT2D eigenvalue weighted by Crippen LogP contribution is 2.24. The Bertz CT molecular complexity index is 418. The molecule has 0 aliphatic carbocycles. The van der Waals surface area contributed by atoms with Gasteiger partial charge >= 0.3 is 17.9 Å². The van der Waals surface area contributed by atoms with Gasteiger partial charge in [-0.25, -0.2) is 4.79 Å². The zero-order valence-electron chi connectivity index (χ0n) is 7.99. The normalized spacial score (nSPS) is 17.6. The molecule has 86 valence electrons. The van der Waals surface area contributed by atoms with Crippen LogP contribution < -0.4 is 10.1 Å². The lowest BCUT2D eigenvalue weighted by Crippen LogP contribution is -2.33. The molecule has 9 nitrogen and oxygen atoms in total. The second-order valence-corrected chi connectivity index (χ2v) is 3.22. The van der Waals surface area contributed by atoms with Crippen LogP contribution >= 0.6 is 0 Å². The third-order valence-electron chi connectivity index (χ3n) is 2.07. The minimum absolute atomic E-state index is 0.118. The monoisotopic (exact) mass is 228 g/mol. The van der Waals surface area contributed by atoms with E-state index >= 15 is 0 Å². The van der Waals surface area contributed by atoms with Gasteiger partial charge < -0.3 is 25.3 Å². The smallest absolute Gasteiger partial charge is 0.414 e. The van der Waals surface area contributed by atoms with Gasteiger partial charge in [-0.3, -0.25) is 4.57 Å². The first kappa shape index (κ1) is 10.2. The van der Waals surface area contributed by atoms with Crippen LogP contribution in [0.3, 0.4) is 0 Å². The number of amides is 1. The summed E-state index contributed by atoms with van der Waals surface area (Å²) in [7, 11) is 0. The van der Waals surface area contributed by atoms with Crippen LogP contribution in [-0.2, 0) is 6.54 Å². The lowest BCUT2D eigenvalue weighted by atomic mass is 10.3. The summed E-state index contributed by atoms with van der Waals surface area (Å²) in [5.74, 6) is -0.278. The van der Waals surface area contributed by atoms with Crippen LogP contribution in [-0.4, -0.2) is 38.3 Å². The quantitative estimate of drug-likeness (QED) is 0.547. The minimum Gasteiger partial charge on any atom is -0.465 e. The Hall–Kier alpha value is -2.32. The first-order chi connectivity index (χ1) is 7.56. The number of carboxylic acid groups (broad SMARTS) is 1. The predicted octanol–water partition coefficient (Wildman–Crippen LogP) is -0.180. The van der Waals surface area contributed by atoms with Crippen LogP contribution in [0.2, 0.25) is 0 Å². The van der Waals surface area contributed by atoms with Crippen molar-refractivity contribution < 1.29 is 19.6 Å². The van der Waals surface area contributed by atoms with E-state index in [1.165, 1.54) is 10.8 Å². The van der Waals surface area contributed by atoms with Crippen LogP contribution in [0.5, 0.6) is 6.01 Å².